The maximum absolute atomic E-state index is 12.2. The molecule has 2 amide bonds. The molecule has 0 aliphatic carbocycles. The average Bonchev–Trinajstić information content (AvgIpc) is 2.61. The molecule has 1 unspecified atom stereocenters. The molecule has 0 spiro atoms. The summed E-state index contributed by atoms with van der Waals surface area (Å²) in [6.45, 7) is 1.77. The number of thioether (sulfide) groups is 1. The number of para-hydroxylation sites is 3. The van der Waals surface area contributed by atoms with Gasteiger partial charge in [0.2, 0.25) is 11.8 Å². The van der Waals surface area contributed by atoms with Crippen molar-refractivity contribution in [1.29, 1.82) is 0 Å². The van der Waals surface area contributed by atoms with E-state index in [9.17, 15) is 9.59 Å². The lowest BCUT2D eigenvalue weighted by Gasteiger charge is -2.14. The molecule has 0 heterocycles. The minimum Gasteiger partial charge on any atom is -0.495 e. The summed E-state index contributed by atoms with van der Waals surface area (Å²) < 4.78 is 5.20. The molecule has 0 radical (unpaired) electrons. The van der Waals surface area contributed by atoms with Gasteiger partial charge in [0.15, 0.2) is 0 Å². The summed E-state index contributed by atoms with van der Waals surface area (Å²) in [4.78, 5) is 24.1. The van der Waals surface area contributed by atoms with E-state index in [0.717, 1.165) is 5.69 Å². The van der Waals surface area contributed by atoms with Crippen LogP contribution in [0.3, 0.4) is 0 Å². The molecule has 2 aromatic rings. The summed E-state index contributed by atoms with van der Waals surface area (Å²) in [5.74, 6) is 0.500. The topological polar surface area (TPSA) is 67.4 Å². The summed E-state index contributed by atoms with van der Waals surface area (Å²) in [6.07, 6.45) is 0. The lowest BCUT2D eigenvalue weighted by Crippen LogP contribution is -2.25. The van der Waals surface area contributed by atoms with E-state index in [-0.39, 0.29) is 22.8 Å². The number of carbonyl (C=O) groups is 2. The number of hydrogen-bond donors (Lipinski definition) is 2. The number of methoxy groups -OCH3 is 1. The number of amides is 2. The quantitative estimate of drug-likeness (QED) is 0.808. The molecule has 0 saturated heterocycles. The second-order valence-corrected chi connectivity index (χ2v) is 6.39. The fraction of sp³-hybridized carbons (Fsp3) is 0.222. The van der Waals surface area contributed by atoms with E-state index in [0.29, 0.717) is 11.4 Å². The molecule has 0 bridgehead atoms. The molecule has 2 rings (SSSR count). The van der Waals surface area contributed by atoms with Crippen molar-refractivity contribution in [1.82, 2.24) is 0 Å². The second kappa shape index (κ2) is 8.98. The van der Waals surface area contributed by atoms with Gasteiger partial charge in [0.05, 0.1) is 23.8 Å². The molecule has 24 heavy (non-hydrogen) atoms. The Morgan fingerprint density at radius 2 is 1.71 bits per heavy atom. The lowest BCUT2D eigenvalue weighted by atomic mass is 10.3. The number of anilines is 2. The van der Waals surface area contributed by atoms with Crippen LogP contribution >= 0.6 is 11.8 Å². The van der Waals surface area contributed by atoms with Crippen molar-refractivity contribution >= 4 is 35.0 Å². The number of carbonyl (C=O) groups excluding carboxylic acids is 2. The highest BCUT2D eigenvalue weighted by molar-refractivity contribution is 8.01. The first-order chi connectivity index (χ1) is 11.6. The smallest absolute Gasteiger partial charge is 0.237 e. The Labute approximate surface area is 145 Å². The van der Waals surface area contributed by atoms with Gasteiger partial charge in [-0.2, -0.15) is 0 Å². The first kappa shape index (κ1) is 17.9. The first-order valence-electron chi connectivity index (χ1n) is 7.50. The van der Waals surface area contributed by atoms with Crippen LogP contribution in [0.15, 0.2) is 54.6 Å². The Hall–Kier alpha value is -2.47. The molecule has 0 saturated carbocycles. The Bertz CT molecular complexity index is 692. The molecule has 2 aromatic carbocycles. The Morgan fingerprint density at radius 3 is 2.42 bits per heavy atom. The zero-order chi connectivity index (χ0) is 17.4. The number of hydrogen-bond acceptors (Lipinski definition) is 4. The summed E-state index contributed by atoms with van der Waals surface area (Å²) in [7, 11) is 1.55. The first-order valence-corrected chi connectivity index (χ1v) is 8.55. The molecule has 0 aliphatic heterocycles. The highest BCUT2D eigenvalue weighted by Gasteiger charge is 2.16. The van der Waals surface area contributed by atoms with E-state index in [1.165, 1.54) is 11.8 Å². The van der Waals surface area contributed by atoms with Crippen LogP contribution in [0, 0.1) is 0 Å². The summed E-state index contributed by atoms with van der Waals surface area (Å²) >= 11 is 1.28. The van der Waals surface area contributed by atoms with Crippen LogP contribution in [0.2, 0.25) is 0 Å². The Kier molecular flexibility index (Phi) is 6.69. The van der Waals surface area contributed by atoms with Gasteiger partial charge < -0.3 is 15.4 Å². The van der Waals surface area contributed by atoms with Gasteiger partial charge in [0, 0.05) is 5.69 Å². The van der Waals surface area contributed by atoms with Crippen LogP contribution in [0.1, 0.15) is 6.92 Å². The van der Waals surface area contributed by atoms with E-state index < -0.39 is 0 Å². The standard InChI is InChI=1S/C18H20N2O3S/c1-13(18(22)20-15-10-6-7-11-16(15)23-2)24-12-17(21)19-14-8-4-3-5-9-14/h3-11,13H,12H2,1-2H3,(H,19,21)(H,20,22). The van der Waals surface area contributed by atoms with Gasteiger partial charge in [-0.1, -0.05) is 30.3 Å². The van der Waals surface area contributed by atoms with Crippen molar-refractivity contribution in [2.45, 2.75) is 12.2 Å². The monoisotopic (exact) mass is 344 g/mol. The minimum atomic E-state index is -0.364. The molecular weight excluding hydrogens is 324 g/mol. The number of nitrogens with one attached hydrogen (secondary N) is 2. The second-order valence-electron chi connectivity index (χ2n) is 5.06. The summed E-state index contributed by atoms with van der Waals surface area (Å²) in [5, 5.41) is 5.25. The third-order valence-electron chi connectivity index (χ3n) is 3.26. The predicted molar refractivity (Wildman–Crippen MR) is 98.6 cm³/mol. The largest absolute Gasteiger partial charge is 0.495 e. The predicted octanol–water partition coefficient (Wildman–Crippen LogP) is 3.39. The van der Waals surface area contributed by atoms with E-state index >= 15 is 0 Å². The maximum Gasteiger partial charge on any atom is 0.237 e. The van der Waals surface area contributed by atoms with Gasteiger partial charge in [-0.15, -0.1) is 11.8 Å². The van der Waals surface area contributed by atoms with E-state index in [4.69, 9.17) is 4.74 Å². The third kappa shape index (κ3) is 5.31. The van der Waals surface area contributed by atoms with Crippen LogP contribution in [0.5, 0.6) is 5.75 Å². The number of benzene rings is 2. The highest BCUT2D eigenvalue weighted by atomic mass is 32.2. The van der Waals surface area contributed by atoms with Crippen molar-refractivity contribution in [3.05, 3.63) is 54.6 Å². The van der Waals surface area contributed by atoms with Crippen molar-refractivity contribution in [3.63, 3.8) is 0 Å². The summed E-state index contributed by atoms with van der Waals surface area (Å²) in [6, 6.07) is 16.4. The molecule has 2 N–H and O–H groups in total. The van der Waals surface area contributed by atoms with Crippen LogP contribution in [-0.2, 0) is 9.59 Å². The SMILES string of the molecule is COc1ccccc1NC(=O)C(C)SCC(=O)Nc1ccccc1. The van der Waals surface area contributed by atoms with Gasteiger partial charge in [0.1, 0.15) is 5.75 Å². The maximum atomic E-state index is 12.2. The van der Waals surface area contributed by atoms with Crippen LogP contribution in [0.4, 0.5) is 11.4 Å². The van der Waals surface area contributed by atoms with Crippen LogP contribution in [0.25, 0.3) is 0 Å². The molecule has 0 fully saturated rings. The Morgan fingerprint density at radius 1 is 1.04 bits per heavy atom. The van der Waals surface area contributed by atoms with E-state index in [2.05, 4.69) is 10.6 Å². The van der Waals surface area contributed by atoms with E-state index in [1.807, 2.05) is 42.5 Å². The average molecular weight is 344 g/mol. The molecule has 6 heteroatoms. The molecule has 0 aliphatic rings. The molecule has 1 atom stereocenters. The van der Waals surface area contributed by atoms with Crippen molar-refractivity contribution < 1.29 is 14.3 Å². The molecule has 5 nitrogen and oxygen atoms in total. The van der Waals surface area contributed by atoms with Crippen molar-refractivity contribution in [2.24, 2.45) is 0 Å². The van der Waals surface area contributed by atoms with Gasteiger partial charge in [-0.05, 0) is 31.2 Å². The van der Waals surface area contributed by atoms with Crippen molar-refractivity contribution in [3.8, 4) is 5.75 Å². The van der Waals surface area contributed by atoms with Gasteiger partial charge in [-0.3, -0.25) is 9.59 Å². The van der Waals surface area contributed by atoms with Gasteiger partial charge in [-0.25, -0.2) is 0 Å². The normalized spacial score (nSPS) is 11.4. The minimum absolute atomic E-state index is 0.136. The third-order valence-corrected chi connectivity index (χ3v) is 4.40. The number of rotatable bonds is 7. The van der Waals surface area contributed by atoms with Crippen molar-refractivity contribution in [2.75, 3.05) is 23.5 Å². The van der Waals surface area contributed by atoms with E-state index in [1.54, 1.807) is 26.2 Å². The van der Waals surface area contributed by atoms with Gasteiger partial charge in [0.25, 0.3) is 0 Å². The summed E-state index contributed by atoms with van der Waals surface area (Å²) in [5.41, 5.74) is 1.36. The lowest BCUT2D eigenvalue weighted by molar-refractivity contribution is -0.115. The fourth-order valence-electron chi connectivity index (χ4n) is 1.98. The molecule has 126 valence electrons. The number of ether oxygens (including phenoxy) is 1. The molecular formula is C18H20N2O3S. The zero-order valence-electron chi connectivity index (χ0n) is 13.6. The van der Waals surface area contributed by atoms with Crippen LogP contribution < -0.4 is 15.4 Å². The van der Waals surface area contributed by atoms with Crippen LogP contribution in [-0.4, -0.2) is 29.9 Å². The fourth-order valence-corrected chi connectivity index (χ4v) is 2.66. The van der Waals surface area contributed by atoms with Gasteiger partial charge >= 0.3 is 0 Å². The highest BCUT2D eigenvalue weighted by Crippen LogP contribution is 2.24. The molecule has 0 aromatic heterocycles. The zero-order valence-corrected chi connectivity index (χ0v) is 14.4. The Balaban J connectivity index is 1.82.